The van der Waals surface area contributed by atoms with E-state index in [9.17, 15) is 4.79 Å². The number of nitrogens with one attached hydrogen (secondary N) is 2. The molecule has 1 aliphatic heterocycles. The summed E-state index contributed by atoms with van der Waals surface area (Å²) in [4.78, 5) is 22.8. The number of likely N-dealkylation sites (tertiary alicyclic amines) is 1. The van der Waals surface area contributed by atoms with Crippen LogP contribution >= 0.6 is 0 Å². The van der Waals surface area contributed by atoms with Crippen LogP contribution in [-0.4, -0.2) is 47.4 Å². The third-order valence-electron chi connectivity index (χ3n) is 3.87. The first-order valence-corrected chi connectivity index (χ1v) is 8.37. The molecule has 1 aliphatic rings. The molecule has 1 amide bonds. The standard InChI is InChI=1S/C17H27N5O/c1-4-16(23)22-10-9-15(12-22)21-17(18-5-2)19-11-14-8-6-7-13(3)20-14/h6-8,15H,4-5,9-12H2,1-3H3,(H2,18,19,21). The Hall–Kier alpha value is -2.11. The van der Waals surface area contributed by atoms with E-state index in [1.807, 2.05) is 43.9 Å². The Morgan fingerprint density at radius 1 is 1.43 bits per heavy atom. The molecule has 126 valence electrons. The lowest BCUT2D eigenvalue weighted by molar-refractivity contribution is -0.129. The molecule has 1 aromatic rings. The van der Waals surface area contributed by atoms with Crippen LogP contribution in [0.25, 0.3) is 0 Å². The zero-order valence-electron chi connectivity index (χ0n) is 14.3. The predicted molar refractivity (Wildman–Crippen MR) is 92.2 cm³/mol. The number of hydrogen-bond acceptors (Lipinski definition) is 3. The first-order chi connectivity index (χ1) is 11.1. The van der Waals surface area contributed by atoms with Crippen LogP contribution in [0.5, 0.6) is 0 Å². The maximum atomic E-state index is 11.8. The molecule has 1 aromatic heterocycles. The minimum atomic E-state index is 0.222. The lowest BCUT2D eigenvalue weighted by Crippen LogP contribution is -2.45. The first-order valence-electron chi connectivity index (χ1n) is 8.37. The van der Waals surface area contributed by atoms with Crippen molar-refractivity contribution >= 4 is 11.9 Å². The molecule has 1 atom stereocenters. The largest absolute Gasteiger partial charge is 0.357 e. The van der Waals surface area contributed by atoms with Gasteiger partial charge < -0.3 is 15.5 Å². The highest BCUT2D eigenvalue weighted by molar-refractivity contribution is 5.80. The van der Waals surface area contributed by atoms with Gasteiger partial charge in [0.1, 0.15) is 0 Å². The third kappa shape index (κ3) is 5.23. The highest BCUT2D eigenvalue weighted by Crippen LogP contribution is 2.10. The summed E-state index contributed by atoms with van der Waals surface area (Å²) in [5, 5.41) is 6.69. The van der Waals surface area contributed by atoms with Gasteiger partial charge in [-0.1, -0.05) is 13.0 Å². The van der Waals surface area contributed by atoms with Crippen LogP contribution in [0.3, 0.4) is 0 Å². The number of guanidine groups is 1. The molecule has 0 aliphatic carbocycles. The highest BCUT2D eigenvalue weighted by Gasteiger charge is 2.25. The monoisotopic (exact) mass is 317 g/mol. The number of aryl methyl sites for hydroxylation is 1. The van der Waals surface area contributed by atoms with E-state index in [2.05, 4.69) is 20.6 Å². The Balaban J connectivity index is 1.93. The van der Waals surface area contributed by atoms with Crippen molar-refractivity contribution in [2.24, 2.45) is 4.99 Å². The van der Waals surface area contributed by atoms with Crippen LogP contribution in [0.2, 0.25) is 0 Å². The third-order valence-corrected chi connectivity index (χ3v) is 3.87. The van der Waals surface area contributed by atoms with Crippen molar-refractivity contribution in [2.75, 3.05) is 19.6 Å². The zero-order chi connectivity index (χ0) is 16.7. The molecule has 0 aromatic carbocycles. The predicted octanol–water partition coefficient (Wildman–Crippen LogP) is 1.46. The molecule has 2 heterocycles. The van der Waals surface area contributed by atoms with E-state index in [0.717, 1.165) is 43.4 Å². The molecule has 6 heteroatoms. The smallest absolute Gasteiger partial charge is 0.222 e. The van der Waals surface area contributed by atoms with Gasteiger partial charge in [0, 0.05) is 37.8 Å². The van der Waals surface area contributed by atoms with E-state index in [4.69, 9.17) is 0 Å². The second-order valence-electron chi connectivity index (χ2n) is 5.79. The lowest BCUT2D eigenvalue weighted by Gasteiger charge is -2.18. The number of rotatable bonds is 5. The first kappa shape index (κ1) is 17.2. The van der Waals surface area contributed by atoms with Gasteiger partial charge in [-0.2, -0.15) is 0 Å². The molecule has 0 spiro atoms. The average molecular weight is 317 g/mol. The summed E-state index contributed by atoms with van der Waals surface area (Å²) in [6.07, 6.45) is 1.53. The molecule has 1 saturated heterocycles. The fourth-order valence-corrected chi connectivity index (χ4v) is 2.69. The van der Waals surface area contributed by atoms with Crippen molar-refractivity contribution in [1.82, 2.24) is 20.5 Å². The number of amides is 1. The van der Waals surface area contributed by atoms with Gasteiger partial charge in [-0.15, -0.1) is 0 Å². The van der Waals surface area contributed by atoms with Crippen molar-refractivity contribution in [1.29, 1.82) is 0 Å². The summed E-state index contributed by atoms with van der Waals surface area (Å²) in [5.41, 5.74) is 1.96. The Bertz CT molecular complexity index is 558. The van der Waals surface area contributed by atoms with E-state index in [-0.39, 0.29) is 11.9 Å². The van der Waals surface area contributed by atoms with Gasteiger partial charge in [-0.3, -0.25) is 9.78 Å². The summed E-state index contributed by atoms with van der Waals surface area (Å²) < 4.78 is 0. The van der Waals surface area contributed by atoms with Gasteiger partial charge in [0.25, 0.3) is 0 Å². The minimum absolute atomic E-state index is 0.222. The van der Waals surface area contributed by atoms with E-state index in [1.54, 1.807) is 0 Å². The van der Waals surface area contributed by atoms with E-state index in [0.29, 0.717) is 13.0 Å². The highest BCUT2D eigenvalue weighted by atomic mass is 16.2. The molecule has 0 bridgehead atoms. The van der Waals surface area contributed by atoms with Crippen LogP contribution in [0.15, 0.2) is 23.2 Å². The number of carbonyl (C=O) groups is 1. The van der Waals surface area contributed by atoms with Crippen LogP contribution in [0.1, 0.15) is 38.1 Å². The van der Waals surface area contributed by atoms with Gasteiger partial charge in [0.2, 0.25) is 5.91 Å². The van der Waals surface area contributed by atoms with E-state index < -0.39 is 0 Å². The Kier molecular flexibility index (Phi) is 6.38. The molecular weight excluding hydrogens is 290 g/mol. The van der Waals surface area contributed by atoms with E-state index in [1.165, 1.54) is 0 Å². The summed E-state index contributed by atoms with van der Waals surface area (Å²) >= 11 is 0. The van der Waals surface area contributed by atoms with Crippen molar-refractivity contribution in [2.45, 2.75) is 46.2 Å². The molecular formula is C17H27N5O. The zero-order valence-corrected chi connectivity index (χ0v) is 14.3. The maximum absolute atomic E-state index is 11.8. The van der Waals surface area contributed by atoms with Crippen molar-refractivity contribution in [3.8, 4) is 0 Å². The van der Waals surface area contributed by atoms with Gasteiger partial charge in [-0.25, -0.2) is 4.99 Å². The number of nitrogens with zero attached hydrogens (tertiary/aromatic N) is 3. The van der Waals surface area contributed by atoms with Crippen molar-refractivity contribution < 1.29 is 4.79 Å². The molecule has 1 fully saturated rings. The SMILES string of the molecule is CCNC(=NCc1cccc(C)n1)NC1CCN(C(=O)CC)C1. The Morgan fingerprint density at radius 2 is 2.26 bits per heavy atom. The average Bonchev–Trinajstić information content (AvgIpc) is 3.01. The molecule has 0 saturated carbocycles. The number of aromatic nitrogens is 1. The van der Waals surface area contributed by atoms with Gasteiger partial charge in [0.15, 0.2) is 5.96 Å². The Labute approximate surface area is 138 Å². The van der Waals surface area contributed by atoms with Crippen LogP contribution in [0, 0.1) is 6.92 Å². The van der Waals surface area contributed by atoms with Crippen molar-refractivity contribution in [3.63, 3.8) is 0 Å². The maximum Gasteiger partial charge on any atom is 0.222 e. The minimum Gasteiger partial charge on any atom is -0.357 e. The fourth-order valence-electron chi connectivity index (χ4n) is 2.69. The fraction of sp³-hybridized carbons (Fsp3) is 0.588. The number of pyridine rings is 1. The van der Waals surface area contributed by atoms with E-state index >= 15 is 0 Å². The molecule has 23 heavy (non-hydrogen) atoms. The quantitative estimate of drug-likeness (QED) is 0.637. The lowest BCUT2D eigenvalue weighted by atomic mass is 10.3. The number of aliphatic imine (C=N–C) groups is 1. The van der Waals surface area contributed by atoms with Gasteiger partial charge >= 0.3 is 0 Å². The molecule has 1 unspecified atom stereocenters. The molecule has 6 nitrogen and oxygen atoms in total. The summed E-state index contributed by atoms with van der Waals surface area (Å²) in [6.45, 7) is 8.85. The summed E-state index contributed by atoms with van der Waals surface area (Å²) in [7, 11) is 0. The second-order valence-corrected chi connectivity index (χ2v) is 5.79. The second kappa shape index (κ2) is 8.50. The van der Waals surface area contributed by atoms with Gasteiger partial charge in [-0.05, 0) is 32.4 Å². The normalized spacial score (nSPS) is 18.1. The van der Waals surface area contributed by atoms with Crippen LogP contribution in [0.4, 0.5) is 0 Å². The Morgan fingerprint density at radius 3 is 2.96 bits per heavy atom. The van der Waals surface area contributed by atoms with Gasteiger partial charge in [0.05, 0.1) is 12.2 Å². The topological polar surface area (TPSA) is 69.6 Å². The summed E-state index contributed by atoms with van der Waals surface area (Å²) in [6, 6.07) is 6.22. The number of hydrogen-bond donors (Lipinski definition) is 2. The van der Waals surface area contributed by atoms with Crippen LogP contribution in [-0.2, 0) is 11.3 Å². The van der Waals surface area contributed by atoms with Crippen LogP contribution < -0.4 is 10.6 Å². The number of carbonyl (C=O) groups excluding carboxylic acids is 1. The van der Waals surface area contributed by atoms with Crippen molar-refractivity contribution in [3.05, 3.63) is 29.6 Å². The molecule has 0 radical (unpaired) electrons. The molecule has 2 N–H and O–H groups in total. The molecule has 2 rings (SSSR count). The summed E-state index contributed by atoms with van der Waals surface area (Å²) in [5.74, 6) is 1.01.